The molecule has 0 aromatic heterocycles. The summed E-state index contributed by atoms with van der Waals surface area (Å²) in [5.41, 5.74) is 0.971. The zero-order chi connectivity index (χ0) is 14.3. The Labute approximate surface area is 119 Å². The van der Waals surface area contributed by atoms with Crippen molar-refractivity contribution in [3.05, 3.63) is 23.8 Å². The third kappa shape index (κ3) is 2.47. The molecule has 20 heavy (non-hydrogen) atoms. The molecular weight excluding hydrogens is 254 g/mol. The summed E-state index contributed by atoms with van der Waals surface area (Å²) in [4.78, 5) is 14.2. The number of ether oxygens (including phenoxy) is 1. The van der Waals surface area contributed by atoms with Crippen LogP contribution in [0.1, 0.15) is 24.8 Å². The van der Waals surface area contributed by atoms with Gasteiger partial charge in [0.15, 0.2) is 11.5 Å². The van der Waals surface area contributed by atoms with Gasteiger partial charge in [-0.05, 0) is 48.8 Å². The lowest BCUT2D eigenvalue weighted by atomic mass is 10.0. The highest BCUT2D eigenvalue weighted by Gasteiger charge is 2.48. The van der Waals surface area contributed by atoms with Gasteiger partial charge in [0.05, 0.1) is 7.11 Å². The van der Waals surface area contributed by atoms with Crippen LogP contribution in [-0.4, -0.2) is 30.1 Å². The molecule has 4 nitrogen and oxygen atoms in total. The summed E-state index contributed by atoms with van der Waals surface area (Å²) in [5, 5.41) is 9.58. The number of aromatic hydroxyl groups is 1. The fourth-order valence-corrected chi connectivity index (χ4v) is 3.40. The van der Waals surface area contributed by atoms with Gasteiger partial charge < -0.3 is 14.7 Å². The van der Waals surface area contributed by atoms with Crippen molar-refractivity contribution in [2.24, 2.45) is 17.8 Å². The maximum absolute atomic E-state index is 12.4. The number of hydrogen-bond acceptors (Lipinski definition) is 3. The average Bonchev–Trinajstić information content (AvgIpc) is 3.06. The molecule has 2 unspecified atom stereocenters. The Bertz CT molecular complexity index is 518. The highest BCUT2D eigenvalue weighted by molar-refractivity contribution is 5.79. The predicted molar refractivity (Wildman–Crippen MR) is 75.5 cm³/mol. The molecule has 0 bridgehead atoms. The van der Waals surface area contributed by atoms with Crippen molar-refractivity contribution in [1.29, 1.82) is 0 Å². The number of benzene rings is 1. The summed E-state index contributed by atoms with van der Waals surface area (Å²) in [6, 6.07) is 5.22. The molecule has 1 amide bonds. The Kier molecular flexibility index (Phi) is 3.32. The second kappa shape index (κ2) is 5.00. The highest BCUT2D eigenvalue weighted by atomic mass is 16.5. The lowest BCUT2D eigenvalue weighted by molar-refractivity contribution is -0.134. The second-order valence-electron chi connectivity index (χ2n) is 6.12. The van der Waals surface area contributed by atoms with E-state index >= 15 is 0 Å². The van der Waals surface area contributed by atoms with Gasteiger partial charge in [-0.2, -0.15) is 0 Å². The van der Waals surface area contributed by atoms with Gasteiger partial charge in [-0.25, -0.2) is 0 Å². The summed E-state index contributed by atoms with van der Waals surface area (Å²) in [6.45, 7) is 0.557. The SMILES string of the molecule is COc1cc(CN(C)C(=O)C2CC3CC3C2)ccc1O. The molecule has 2 saturated carbocycles. The molecule has 2 aliphatic carbocycles. The van der Waals surface area contributed by atoms with Gasteiger partial charge >= 0.3 is 0 Å². The number of hydrogen-bond donors (Lipinski definition) is 1. The number of rotatable bonds is 4. The number of amides is 1. The molecule has 2 fully saturated rings. The fraction of sp³-hybridized carbons (Fsp3) is 0.562. The Morgan fingerprint density at radius 3 is 2.70 bits per heavy atom. The normalized spacial score (nSPS) is 27.0. The van der Waals surface area contributed by atoms with Crippen LogP contribution in [0, 0.1) is 17.8 Å². The molecule has 0 aliphatic heterocycles. The summed E-state index contributed by atoms with van der Waals surface area (Å²) < 4.78 is 5.09. The molecule has 0 radical (unpaired) electrons. The molecule has 2 aliphatic rings. The van der Waals surface area contributed by atoms with Crippen LogP contribution >= 0.6 is 0 Å². The van der Waals surface area contributed by atoms with E-state index in [0.29, 0.717) is 12.3 Å². The van der Waals surface area contributed by atoms with E-state index in [0.717, 1.165) is 30.2 Å². The minimum atomic E-state index is 0.126. The Morgan fingerprint density at radius 1 is 1.35 bits per heavy atom. The monoisotopic (exact) mass is 275 g/mol. The van der Waals surface area contributed by atoms with Crippen LogP contribution in [0.3, 0.4) is 0 Å². The van der Waals surface area contributed by atoms with Crippen molar-refractivity contribution < 1.29 is 14.6 Å². The summed E-state index contributed by atoms with van der Waals surface area (Å²) in [6.07, 6.45) is 3.49. The molecule has 108 valence electrons. The third-order valence-corrected chi connectivity index (χ3v) is 4.63. The summed E-state index contributed by atoms with van der Waals surface area (Å²) >= 11 is 0. The van der Waals surface area contributed by atoms with Gasteiger partial charge in [0, 0.05) is 19.5 Å². The van der Waals surface area contributed by atoms with Crippen molar-refractivity contribution in [3.63, 3.8) is 0 Å². The number of nitrogens with zero attached hydrogens (tertiary/aromatic N) is 1. The van der Waals surface area contributed by atoms with Crippen LogP contribution in [0.15, 0.2) is 18.2 Å². The van der Waals surface area contributed by atoms with Crippen molar-refractivity contribution in [2.75, 3.05) is 14.2 Å². The smallest absolute Gasteiger partial charge is 0.225 e. The molecule has 1 N–H and O–H groups in total. The van der Waals surface area contributed by atoms with E-state index in [4.69, 9.17) is 4.74 Å². The first-order valence-electron chi connectivity index (χ1n) is 7.19. The average molecular weight is 275 g/mol. The van der Waals surface area contributed by atoms with Gasteiger partial charge in [0.25, 0.3) is 0 Å². The fourth-order valence-electron chi connectivity index (χ4n) is 3.40. The second-order valence-corrected chi connectivity index (χ2v) is 6.12. The predicted octanol–water partition coefficient (Wildman–Crippen LogP) is 2.41. The van der Waals surface area contributed by atoms with Crippen molar-refractivity contribution in [1.82, 2.24) is 4.90 Å². The van der Waals surface area contributed by atoms with E-state index in [1.807, 2.05) is 13.1 Å². The summed E-state index contributed by atoms with van der Waals surface area (Å²) in [5.74, 6) is 2.70. The highest BCUT2D eigenvalue weighted by Crippen LogP contribution is 2.54. The van der Waals surface area contributed by atoms with Gasteiger partial charge in [-0.3, -0.25) is 4.79 Å². The van der Waals surface area contributed by atoms with E-state index in [-0.39, 0.29) is 17.6 Å². The number of methoxy groups -OCH3 is 1. The van der Waals surface area contributed by atoms with Crippen LogP contribution in [0.2, 0.25) is 0 Å². The van der Waals surface area contributed by atoms with Gasteiger partial charge in [0.2, 0.25) is 5.91 Å². The number of phenols is 1. The molecule has 0 heterocycles. The van der Waals surface area contributed by atoms with Crippen molar-refractivity contribution in [3.8, 4) is 11.5 Å². The molecule has 1 aromatic rings. The largest absolute Gasteiger partial charge is 0.504 e. The number of fused-ring (bicyclic) bond motifs is 1. The molecule has 0 spiro atoms. The van der Waals surface area contributed by atoms with E-state index in [1.165, 1.54) is 13.5 Å². The van der Waals surface area contributed by atoms with E-state index < -0.39 is 0 Å². The molecule has 4 heteroatoms. The van der Waals surface area contributed by atoms with Crippen LogP contribution in [-0.2, 0) is 11.3 Å². The number of carbonyl (C=O) groups is 1. The first kappa shape index (κ1) is 13.3. The Morgan fingerprint density at radius 2 is 2.05 bits per heavy atom. The van der Waals surface area contributed by atoms with Gasteiger partial charge in [-0.15, -0.1) is 0 Å². The van der Waals surface area contributed by atoms with Crippen LogP contribution in [0.5, 0.6) is 11.5 Å². The zero-order valence-corrected chi connectivity index (χ0v) is 12.0. The standard InChI is InChI=1S/C16H21NO3/c1-17(16(19)13-7-11-6-12(11)8-13)9-10-3-4-14(18)15(5-10)20-2/h3-5,11-13,18H,6-9H2,1-2H3. The number of carbonyl (C=O) groups excluding carboxylic acids is 1. The zero-order valence-electron chi connectivity index (χ0n) is 12.0. The van der Waals surface area contributed by atoms with Crippen molar-refractivity contribution in [2.45, 2.75) is 25.8 Å². The lowest BCUT2D eigenvalue weighted by Gasteiger charge is -2.22. The van der Waals surface area contributed by atoms with Crippen molar-refractivity contribution >= 4 is 5.91 Å². The van der Waals surface area contributed by atoms with Crippen LogP contribution in [0.25, 0.3) is 0 Å². The number of phenolic OH excluding ortho intramolecular Hbond substituents is 1. The molecular formula is C16H21NO3. The van der Waals surface area contributed by atoms with E-state index in [2.05, 4.69) is 0 Å². The third-order valence-electron chi connectivity index (χ3n) is 4.63. The maximum Gasteiger partial charge on any atom is 0.225 e. The Hall–Kier alpha value is -1.71. The molecule has 3 rings (SSSR count). The maximum atomic E-state index is 12.4. The minimum Gasteiger partial charge on any atom is -0.504 e. The minimum absolute atomic E-state index is 0.126. The molecule has 2 atom stereocenters. The van der Waals surface area contributed by atoms with E-state index in [9.17, 15) is 9.90 Å². The molecule has 1 aromatic carbocycles. The first-order chi connectivity index (χ1) is 9.58. The van der Waals surface area contributed by atoms with Crippen LogP contribution in [0.4, 0.5) is 0 Å². The first-order valence-corrected chi connectivity index (χ1v) is 7.19. The quantitative estimate of drug-likeness (QED) is 0.918. The molecule has 0 saturated heterocycles. The van der Waals surface area contributed by atoms with Crippen LogP contribution < -0.4 is 4.74 Å². The van der Waals surface area contributed by atoms with E-state index in [1.54, 1.807) is 17.0 Å². The lowest BCUT2D eigenvalue weighted by Crippen LogP contribution is -2.31. The summed E-state index contributed by atoms with van der Waals surface area (Å²) in [7, 11) is 3.38. The topological polar surface area (TPSA) is 49.8 Å². The Balaban J connectivity index is 1.63. The van der Waals surface area contributed by atoms with Gasteiger partial charge in [-0.1, -0.05) is 6.07 Å². The van der Waals surface area contributed by atoms with Gasteiger partial charge in [0.1, 0.15) is 0 Å².